The summed E-state index contributed by atoms with van der Waals surface area (Å²) in [4.78, 5) is 21.8. The number of hydrogen-bond acceptors (Lipinski definition) is 5. The molecule has 0 saturated heterocycles. The number of aryl methyl sites for hydroxylation is 1. The smallest absolute Gasteiger partial charge is 0.254 e. The van der Waals surface area contributed by atoms with Crippen LogP contribution < -0.4 is 5.56 Å². The molecule has 0 amide bonds. The van der Waals surface area contributed by atoms with E-state index < -0.39 is 0 Å². The molecule has 3 N–H and O–H groups in total. The van der Waals surface area contributed by atoms with Crippen molar-refractivity contribution in [3.63, 3.8) is 0 Å². The number of aromatic nitrogens is 2. The van der Waals surface area contributed by atoms with E-state index in [1.54, 1.807) is 12.1 Å². The number of hydrogen-bond donors (Lipinski definition) is 3. The van der Waals surface area contributed by atoms with Gasteiger partial charge in [-0.25, -0.2) is 4.98 Å². The minimum atomic E-state index is -0.0203. The van der Waals surface area contributed by atoms with E-state index in [2.05, 4.69) is 21.8 Å². The maximum atomic E-state index is 12.1. The fourth-order valence-electron chi connectivity index (χ4n) is 3.04. The monoisotopic (exact) mass is 315 g/mol. The molecule has 0 aliphatic carbocycles. The molecule has 1 aromatic carbocycles. The number of fused-ring (bicyclic) bond motifs is 1. The molecule has 6 nitrogen and oxygen atoms in total. The van der Waals surface area contributed by atoms with Gasteiger partial charge in [-0.3, -0.25) is 9.69 Å². The first-order valence-corrected chi connectivity index (χ1v) is 7.90. The number of rotatable bonds is 4. The first-order chi connectivity index (χ1) is 11.0. The Kier molecular flexibility index (Phi) is 4.34. The van der Waals surface area contributed by atoms with Crippen LogP contribution in [0.3, 0.4) is 0 Å². The Hall–Kier alpha value is -2.34. The standard InChI is InChI=1S/C17H21N3O3/c1-2-3-16-18-15-10-20(5-4-14(15)17(23)19-16)9-11-6-12(21)8-13(22)7-11/h6-8,21-22H,2-5,9-10H2,1H3,(H,18,19,23). The number of nitrogens with zero attached hydrogens (tertiary/aromatic N) is 2. The molecule has 2 heterocycles. The lowest BCUT2D eigenvalue weighted by Crippen LogP contribution is -2.35. The molecule has 2 aromatic rings. The molecule has 23 heavy (non-hydrogen) atoms. The quantitative estimate of drug-likeness (QED) is 0.799. The van der Waals surface area contributed by atoms with E-state index >= 15 is 0 Å². The van der Waals surface area contributed by atoms with E-state index in [1.807, 2.05) is 0 Å². The second kappa shape index (κ2) is 6.42. The van der Waals surface area contributed by atoms with Gasteiger partial charge < -0.3 is 15.2 Å². The Morgan fingerprint density at radius 3 is 2.70 bits per heavy atom. The highest BCUT2D eigenvalue weighted by Gasteiger charge is 2.21. The van der Waals surface area contributed by atoms with Gasteiger partial charge in [0.15, 0.2) is 0 Å². The number of H-pyrrole nitrogens is 1. The maximum absolute atomic E-state index is 12.1. The van der Waals surface area contributed by atoms with Crippen molar-refractivity contribution in [3.8, 4) is 11.5 Å². The molecule has 0 fully saturated rings. The number of aromatic amines is 1. The van der Waals surface area contributed by atoms with E-state index in [0.29, 0.717) is 19.5 Å². The average Bonchev–Trinajstić information content (AvgIpc) is 2.46. The van der Waals surface area contributed by atoms with Gasteiger partial charge in [-0.05, 0) is 30.5 Å². The van der Waals surface area contributed by atoms with Gasteiger partial charge in [0, 0.05) is 37.7 Å². The third kappa shape index (κ3) is 3.53. The van der Waals surface area contributed by atoms with E-state index in [0.717, 1.165) is 42.0 Å². The van der Waals surface area contributed by atoms with Gasteiger partial charge in [0.1, 0.15) is 17.3 Å². The molecule has 1 aromatic heterocycles. The molecule has 0 saturated carbocycles. The van der Waals surface area contributed by atoms with Crippen LogP contribution in [-0.2, 0) is 25.9 Å². The van der Waals surface area contributed by atoms with E-state index in [1.165, 1.54) is 6.07 Å². The fraction of sp³-hybridized carbons (Fsp3) is 0.412. The molecule has 1 aliphatic rings. The molecule has 3 rings (SSSR count). The third-order valence-electron chi connectivity index (χ3n) is 4.06. The van der Waals surface area contributed by atoms with E-state index in [4.69, 9.17) is 0 Å². The molecule has 0 spiro atoms. The van der Waals surface area contributed by atoms with Crippen LogP contribution in [0.1, 0.15) is 36.0 Å². The highest BCUT2D eigenvalue weighted by molar-refractivity contribution is 5.36. The van der Waals surface area contributed by atoms with Gasteiger partial charge in [-0.15, -0.1) is 0 Å². The lowest BCUT2D eigenvalue weighted by atomic mass is 10.1. The van der Waals surface area contributed by atoms with Gasteiger partial charge in [-0.2, -0.15) is 0 Å². The number of phenolic OH excluding ortho intramolecular Hbond substituents is 2. The van der Waals surface area contributed by atoms with E-state index in [9.17, 15) is 15.0 Å². The Morgan fingerprint density at radius 1 is 1.26 bits per heavy atom. The Bertz CT molecular complexity index is 750. The summed E-state index contributed by atoms with van der Waals surface area (Å²) in [5.74, 6) is 0.850. The van der Waals surface area contributed by atoms with Crippen LogP contribution in [0.4, 0.5) is 0 Å². The first kappa shape index (κ1) is 15.6. The van der Waals surface area contributed by atoms with Crippen LogP contribution in [0.15, 0.2) is 23.0 Å². The highest BCUT2D eigenvalue weighted by atomic mass is 16.3. The summed E-state index contributed by atoms with van der Waals surface area (Å²) in [5.41, 5.74) is 2.44. The number of phenols is 2. The highest BCUT2D eigenvalue weighted by Crippen LogP contribution is 2.23. The van der Waals surface area contributed by atoms with Crippen LogP contribution in [-0.4, -0.2) is 31.6 Å². The first-order valence-electron chi connectivity index (χ1n) is 7.90. The predicted octanol–water partition coefficient (Wildman–Crippen LogP) is 1.69. The summed E-state index contributed by atoms with van der Waals surface area (Å²) < 4.78 is 0. The summed E-state index contributed by atoms with van der Waals surface area (Å²) in [6, 6.07) is 4.60. The summed E-state index contributed by atoms with van der Waals surface area (Å²) in [5, 5.41) is 19.2. The Balaban J connectivity index is 1.80. The molecule has 0 unspecified atom stereocenters. The lowest BCUT2D eigenvalue weighted by molar-refractivity contribution is 0.239. The van der Waals surface area contributed by atoms with Gasteiger partial charge in [0.2, 0.25) is 0 Å². The number of aromatic hydroxyl groups is 2. The van der Waals surface area contributed by atoms with Gasteiger partial charge in [0.25, 0.3) is 5.56 Å². The minimum Gasteiger partial charge on any atom is -0.508 e. The van der Waals surface area contributed by atoms with Crippen molar-refractivity contribution >= 4 is 0 Å². The predicted molar refractivity (Wildman–Crippen MR) is 86.4 cm³/mol. The summed E-state index contributed by atoms with van der Waals surface area (Å²) in [6.45, 7) is 4.01. The van der Waals surface area contributed by atoms with Crippen molar-refractivity contribution in [2.45, 2.75) is 39.3 Å². The largest absolute Gasteiger partial charge is 0.508 e. The van der Waals surface area contributed by atoms with Crippen LogP contribution >= 0.6 is 0 Å². The second-order valence-corrected chi connectivity index (χ2v) is 6.01. The number of benzene rings is 1. The van der Waals surface area contributed by atoms with Gasteiger partial charge in [0.05, 0.1) is 5.69 Å². The van der Waals surface area contributed by atoms with Crippen molar-refractivity contribution in [1.82, 2.24) is 14.9 Å². The summed E-state index contributed by atoms with van der Waals surface area (Å²) >= 11 is 0. The molecule has 1 aliphatic heterocycles. The molecule has 0 atom stereocenters. The Morgan fingerprint density at radius 2 is 2.00 bits per heavy atom. The van der Waals surface area contributed by atoms with Crippen molar-refractivity contribution < 1.29 is 10.2 Å². The molecule has 0 bridgehead atoms. The van der Waals surface area contributed by atoms with Gasteiger partial charge in [-0.1, -0.05) is 6.92 Å². The molecule has 6 heteroatoms. The zero-order valence-corrected chi connectivity index (χ0v) is 13.2. The SMILES string of the molecule is CCCc1nc2c(c(=O)[nH]1)CCN(Cc1cc(O)cc(O)c1)C2. The van der Waals surface area contributed by atoms with Crippen molar-refractivity contribution in [3.05, 3.63) is 51.2 Å². The molecule has 122 valence electrons. The summed E-state index contributed by atoms with van der Waals surface area (Å²) in [6.07, 6.45) is 2.37. The Labute approximate surface area is 134 Å². The third-order valence-corrected chi connectivity index (χ3v) is 4.06. The zero-order valence-electron chi connectivity index (χ0n) is 13.2. The van der Waals surface area contributed by atoms with Crippen molar-refractivity contribution in [1.29, 1.82) is 0 Å². The average molecular weight is 315 g/mol. The van der Waals surface area contributed by atoms with Crippen molar-refractivity contribution in [2.75, 3.05) is 6.54 Å². The van der Waals surface area contributed by atoms with E-state index in [-0.39, 0.29) is 17.1 Å². The van der Waals surface area contributed by atoms with Crippen LogP contribution in [0.2, 0.25) is 0 Å². The summed E-state index contributed by atoms with van der Waals surface area (Å²) in [7, 11) is 0. The van der Waals surface area contributed by atoms with Crippen molar-refractivity contribution in [2.24, 2.45) is 0 Å². The van der Waals surface area contributed by atoms with Crippen LogP contribution in [0.25, 0.3) is 0 Å². The van der Waals surface area contributed by atoms with Crippen LogP contribution in [0, 0.1) is 0 Å². The second-order valence-electron chi connectivity index (χ2n) is 6.01. The van der Waals surface area contributed by atoms with Gasteiger partial charge >= 0.3 is 0 Å². The molecular weight excluding hydrogens is 294 g/mol. The number of nitrogens with one attached hydrogen (secondary N) is 1. The zero-order chi connectivity index (χ0) is 16.4. The molecule has 0 radical (unpaired) electrons. The fourth-order valence-corrected chi connectivity index (χ4v) is 3.04. The maximum Gasteiger partial charge on any atom is 0.254 e. The molecular formula is C17H21N3O3. The lowest BCUT2D eigenvalue weighted by Gasteiger charge is -2.27. The topological polar surface area (TPSA) is 89.5 Å². The normalized spacial score (nSPS) is 14.7. The van der Waals surface area contributed by atoms with Crippen LogP contribution in [0.5, 0.6) is 11.5 Å². The minimum absolute atomic E-state index is 0.0203.